The van der Waals surface area contributed by atoms with Crippen molar-refractivity contribution in [1.82, 2.24) is 5.32 Å². The van der Waals surface area contributed by atoms with Crippen molar-refractivity contribution >= 4 is 11.9 Å². The molecule has 1 aliphatic carbocycles. The summed E-state index contributed by atoms with van der Waals surface area (Å²) in [4.78, 5) is 23.2. The summed E-state index contributed by atoms with van der Waals surface area (Å²) in [5, 5.41) is 12.1. The fourth-order valence-electron chi connectivity index (χ4n) is 3.01. The second-order valence-electron chi connectivity index (χ2n) is 5.82. The minimum Gasteiger partial charge on any atom is -0.497 e. The summed E-state index contributed by atoms with van der Waals surface area (Å²) in [6.45, 7) is 0.450. The Hall–Kier alpha value is -2.04. The summed E-state index contributed by atoms with van der Waals surface area (Å²) >= 11 is 0. The monoisotopic (exact) mass is 305 g/mol. The van der Waals surface area contributed by atoms with Crippen LogP contribution in [0, 0.1) is 11.8 Å². The molecule has 0 spiro atoms. The van der Waals surface area contributed by atoms with Crippen LogP contribution in [0.2, 0.25) is 0 Å². The molecule has 0 bridgehead atoms. The van der Waals surface area contributed by atoms with Gasteiger partial charge in [-0.25, -0.2) is 0 Å². The van der Waals surface area contributed by atoms with Crippen LogP contribution in [0.15, 0.2) is 24.3 Å². The van der Waals surface area contributed by atoms with E-state index in [1.807, 2.05) is 24.3 Å². The standard InChI is InChI=1S/C17H23NO4/c1-22-14-8-6-12(7-9-14)10-16(19)18-11-13-4-2-3-5-15(13)17(20)21/h6-9,13,15H,2-5,10-11H2,1H3,(H,18,19)(H,20,21)/t13-,15-/m0/s1. The first kappa shape index (κ1) is 16.3. The zero-order valence-corrected chi connectivity index (χ0v) is 12.9. The third kappa shape index (κ3) is 4.48. The molecule has 0 heterocycles. The number of ether oxygens (including phenoxy) is 1. The predicted molar refractivity (Wildman–Crippen MR) is 82.8 cm³/mol. The van der Waals surface area contributed by atoms with E-state index in [-0.39, 0.29) is 17.7 Å². The van der Waals surface area contributed by atoms with Crippen molar-refractivity contribution in [3.05, 3.63) is 29.8 Å². The lowest BCUT2D eigenvalue weighted by Gasteiger charge is -2.28. The van der Waals surface area contributed by atoms with Crippen LogP contribution in [0.3, 0.4) is 0 Å². The van der Waals surface area contributed by atoms with Gasteiger partial charge in [-0.2, -0.15) is 0 Å². The van der Waals surface area contributed by atoms with Crippen LogP contribution in [0.4, 0.5) is 0 Å². The maximum atomic E-state index is 12.0. The van der Waals surface area contributed by atoms with Crippen LogP contribution in [0.5, 0.6) is 5.75 Å². The molecule has 1 aromatic rings. The lowest BCUT2D eigenvalue weighted by atomic mass is 9.79. The van der Waals surface area contributed by atoms with Crippen molar-refractivity contribution in [3.63, 3.8) is 0 Å². The molecule has 2 rings (SSSR count). The van der Waals surface area contributed by atoms with Crippen molar-refractivity contribution in [1.29, 1.82) is 0 Å². The molecule has 0 radical (unpaired) electrons. The Labute approximate surface area is 130 Å². The summed E-state index contributed by atoms with van der Waals surface area (Å²) in [6.07, 6.45) is 3.90. The molecule has 2 N–H and O–H groups in total. The van der Waals surface area contributed by atoms with E-state index < -0.39 is 5.97 Å². The van der Waals surface area contributed by atoms with E-state index in [0.717, 1.165) is 30.6 Å². The van der Waals surface area contributed by atoms with Gasteiger partial charge in [-0.05, 0) is 36.5 Å². The highest BCUT2D eigenvalue weighted by atomic mass is 16.5. The number of benzene rings is 1. The molecule has 1 saturated carbocycles. The zero-order chi connectivity index (χ0) is 15.9. The van der Waals surface area contributed by atoms with E-state index in [1.54, 1.807) is 7.11 Å². The highest BCUT2D eigenvalue weighted by Crippen LogP contribution is 2.29. The number of amides is 1. The Morgan fingerprint density at radius 3 is 2.55 bits per heavy atom. The van der Waals surface area contributed by atoms with Gasteiger partial charge in [0.05, 0.1) is 19.4 Å². The third-order valence-electron chi connectivity index (χ3n) is 4.31. The van der Waals surface area contributed by atoms with E-state index in [2.05, 4.69) is 5.32 Å². The minimum absolute atomic E-state index is 0.0473. The van der Waals surface area contributed by atoms with E-state index in [1.165, 1.54) is 0 Å². The van der Waals surface area contributed by atoms with Crippen molar-refractivity contribution in [2.75, 3.05) is 13.7 Å². The summed E-state index contributed by atoms with van der Waals surface area (Å²) in [5.41, 5.74) is 0.914. The molecule has 1 fully saturated rings. The first-order valence-electron chi connectivity index (χ1n) is 7.72. The molecule has 0 unspecified atom stereocenters. The molecule has 1 aromatic carbocycles. The van der Waals surface area contributed by atoms with Crippen LogP contribution < -0.4 is 10.1 Å². The Bertz CT molecular complexity index is 512. The van der Waals surface area contributed by atoms with Crippen molar-refractivity contribution in [3.8, 4) is 5.75 Å². The fourth-order valence-corrected chi connectivity index (χ4v) is 3.01. The molecule has 0 aliphatic heterocycles. The van der Waals surface area contributed by atoms with Crippen molar-refractivity contribution in [2.24, 2.45) is 11.8 Å². The number of carbonyl (C=O) groups excluding carboxylic acids is 1. The summed E-state index contributed by atoms with van der Waals surface area (Å²) < 4.78 is 5.08. The molecule has 0 saturated heterocycles. The number of hydrogen-bond acceptors (Lipinski definition) is 3. The first-order chi connectivity index (χ1) is 10.6. The second-order valence-corrected chi connectivity index (χ2v) is 5.82. The Balaban J connectivity index is 1.82. The van der Waals surface area contributed by atoms with Gasteiger partial charge in [-0.15, -0.1) is 0 Å². The van der Waals surface area contributed by atoms with Gasteiger partial charge in [-0.1, -0.05) is 25.0 Å². The molecule has 22 heavy (non-hydrogen) atoms. The van der Waals surface area contributed by atoms with Crippen LogP contribution in [0.25, 0.3) is 0 Å². The maximum Gasteiger partial charge on any atom is 0.306 e. The normalized spacial score (nSPS) is 21.1. The lowest BCUT2D eigenvalue weighted by Crippen LogP contribution is -2.37. The molecule has 120 valence electrons. The van der Waals surface area contributed by atoms with Gasteiger partial charge < -0.3 is 15.2 Å². The van der Waals surface area contributed by atoms with E-state index in [9.17, 15) is 14.7 Å². The number of hydrogen-bond donors (Lipinski definition) is 2. The van der Waals surface area contributed by atoms with Gasteiger partial charge in [0, 0.05) is 6.54 Å². The van der Waals surface area contributed by atoms with Crippen LogP contribution in [-0.2, 0) is 16.0 Å². The second kappa shape index (κ2) is 7.82. The number of aliphatic carboxylic acids is 1. The smallest absolute Gasteiger partial charge is 0.306 e. The molecule has 5 heteroatoms. The SMILES string of the molecule is COc1ccc(CC(=O)NC[C@@H]2CCCC[C@@H]2C(=O)O)cc1. The van der Waals surface area contributed by atoms with Gasteiger partial charge in [0.1, 0.15) is 5.75 Å². The van der Waals surface area contributed by atoms with Crippen LogP contribution in [0.1, 0.15) is 31.2 Å². The molecule has 1 amide bonds. The third-order valence-corrected chi connectivity index (χ3v) is 4.31. The van der Waals surface area contributed by atoms with Gasteiger partial charge in [0.2, 0.25) is 5.91 Å². The summed E-state index contributed by atoms with van der Waals surface area (Å²) in [7, 11) is 1.60. The Morgan fingerprint density at radius 2 is 1.91 bits per heavy atom. The van der Waals surface area contributed by atoms with Crippen molar-refractivity contribution < 1.29 is 19.4 Å². The number of carboxylic acid groups (broad SMARTS) is 1. The molecule has 2 atom stereocenters. The number of rotatable bonds is 6. The van der Waals surface area contributed by atoms with Crippen LogP contribution in [-0.4, -0.2) is 30.6 Å². The lowest BCUT2D eigenvalue weighted by molar-refractivity contribution is -0.145. The average molecular weight is 305 g/mol. The highest BCUT2D eigenvalue weighted by Gasteiger charge is 2.30. The number of carbonyl (C=O) groups is 2. The maximum absolute atomic E-state index is 12.0. The van der Waals surface area contributed by atoms with E-state index in [4.69, 9.17) is 4.74 Å². The minimum atomic E-state index is -0.742. The Morgan fingerprint density at radius 1 is 1.23 bits per heavy atom. The largest absolute Gasteiger partial charge is 0.497 e. The Kier molecular flexibility index (Phi) is 5.81. The first-order valence-corrected chi connectivity index (χ1v) is 7.72. The zero-order valence-electron chi connectivity index (χ0n) is 12.9. The average Bonchev–Trinajstić information content (AvgIpc) is 2.54. The molecule has 5 nitrogen and oxygen atoms in total. The molecular weight excluding hydrogens is 282 g/mol. The predicted octanol–water partition coefficient (Wildman–Crippen LogP) is 2.24. The number of nitrogens with one attached hydrogen (secondary N) is 1. The van der Waals surface area contributed by atoms with Gasteiger partial charge in [-0.3, -0.25) is 9.59 Å². The quantitative estimate of drug-likeness (QED) is 0.845. The molecule has 0 aromatic heterocycles. The summed E-state index contributed by atoms with van der Waals surface area (Å²) in [6, 6.07) is 7.37. The molecule has 1 aliphatic rings. The van der Waals surface area contributed by atoms with Crippen LogP contribution >= 0.6 is 0 Å². The number of methoxy groups -OCH3 is 1. The van der Waals surface area contributed by atoms with E-state index in [0.29, 0.717) is 19.4 Å². The topological polar surface area (TPSA) is 75.6 Å². The molecular formula is C17H23NO4. The number of carboxylic acids is 1. The van der Waals surface area contributed by atoms with Gasteiger partial charge in [0.25, 0.3) is 0 Å². The highest BCUT2D eigenvalue weighted by molar-refractivity contribution is 5.78. The van der Waals surface area contributed by atoms with Crippen molar-refractivity contribution in [2.45, 2.75) is 32.1 Å². The van der Waals surface area contributed by atoms with E-state index >= 15 is 0 Å². The fraction of sp³-hybridized carbons (Fsp3) is 0.529. The van der Waals surface area contributed by atoms with Gasteiger partial charge in [0.15, 0.2) is 0 Å². The van der Waals surface area contributed by atoms with Gasteiger partial charge >= 0.3 is 5.97 Å². The summed E-state index contributed by atoms with van der Waals surface area (Å²) in [5.74, 6) is -0.328.